The molecule has 1 N–H and O–H groups in total. The van der Waals surface area contributed by atoms with E-state index < -0.39 is 0 Å². The molecule has 1 heterocycles. The van der Waals surface area contributed by atoms with Crippen LogP contribution in [0.25, 0.3) is 0 Å². The van der Waals surface area contributed by atoms with Crippen LogP contribution in [0.5, 0.6) is 0 Å². The van der Waals surface area contributed by atoms with E-state index in [1.54, 1.807) is 4.90 Å². The highest BCUT2D eigenvalue weighted by atomic mass is 35.5. The zero-order valence-electron chi connectivity index (χ0n) is 9.06. The minimum atomic E-state index is -0.194. The molecule has 0 aliphatic carbocycles. The number of amides is 1. The Morgan fingerprint density at radius 2 is 2.25 bits per heavy atom. The topological polar surface area (TPSA) is 66.3 Å². The van der Waals surface area contributed by atoms with E-state index in [0.717, 1.165) is 0 Å². The average Bonchev–Trinajstić information content (AvgIpc) is 2.30. The van der Waals surface area contributed by atoms with Crippen LogP contribution in [0.2, 0.25) is 5.15 Å². The monoisotopic (exact) mass is 243 g/mol. The molecule has 0 radical (unpaired) electrons. The summed E-state index contributed by atoms with van der Waals surface area (Å²) >= 11 is 5.58. The van der Waals surface area contributed by atoms with Crippen molar-refractivity contribution in [2.24, 2.45) is 0 Å². The molecule has 0 saturated carbocycles. The number of carbonyl (C=O) groups is 1. The number of nitrogens with zero attached hydrogens (tertiary/aromatic N) is 3. The Labute approximate surface area is 99.1 Å². The number of halogens is 1. The number of carbonyl (C=O) groups excluding carboxylic acids is 1. The third-order valence-corrected chi connectivity index (χ3v) is 2.29. The fourth-order valence-corrected chi connectivity index (χ4v) is 1.35. The van der Waals surface area contributed by atoms with E-state index in [9.17, 15) is 4.79 Å². The number of aliphatic hydroxyl groups excluding tert-OH is 1. The molecule has 0 aliphatic rings. The minimum Gasteiger partial charge on any atom is -0.396 e. The largest absolute Gasteiger partial charge is 0.396 e. The van der Waals surface area contributed by atoms with Crippen LogP contribution in [0.1, 0.15) is 23.8 Å². The molecule has 0 unspecified atom stereocenters. The highest BCUT2D eigenvalue weighted by molar-refractivity contribution is 6.29. The Hall–Kier alpha value is -1.20. The predicted octanol–water partition coefficient (Wildman–Crippen LogP) is 0.974. The Morgan fingerprint density at radius 1 is 1.50 bits per heavy atom. The van der Waals surface area contributed by atoms with Gasteiger partial charge in [-0.3, -0.25) is 4.79 Å². The third-order valence-electron chi connectivity index (χ3n) is 2.09. The van der Waals surface area contributed by atoms with Gasteiger partial charge in [0, 0.05) is 19.7 Å². The molecule has 1 amide bonds. The van der Waals surface area contributed by atoms with Crippen LogP contribution in [-0.4, -0.2) is 45.6 Å². The van der Waals surface area contributed by atoms with Gasteiger partial charge in [0.15, 0.2) is 0 Å². The summed E-state index contributed by atoms with van der Waals surface area (Å²) in [5.41, 5.74) is 0.268. The summed E-state index contributed by atoms with van der Waals surface area (Å²) in [7, 11) is 0. The lowest BCUT2D eigenvalue weighted by Gasteiger charge is -2.19. The minimum absolute atomic E-state index is 0.0656. The fourth-order valence-electron chi connectivity index (χ4n) is 1.25. The van der Waals surface area contributed by atoms with E-state index in [1.807, 2.05) is 6.92 Å². The Bertz CT molecular complexity index is 342. The van der Waals surface area contributed by atoms with E-state index in [2.05, 4.69) is 9.97 Å². The molecule has 0 aliphatic heterocycles. The Balaban J connectivity index is 2.70. The van der Waals surface area contributed by atoms with E-state index in [1.165, 1.54) is 12.4 Å². The first-order valence-electron chi connectivity index (χ1n) is 5.06. The van der Waals surface area contributed by atoms with Crippen LogP contribution in [0.4, 0.5) is 0 Å². The van der Waals surface area contributed by atoms with Crippen LogP contribution in [0, 0.1) is 0 Å². The second kappa shape index (κ2) is 6.40. The maximum Gasteiger partial charge on any atom is 0.274 e. The first kappa shape index (κ1) is 12.9. The molecule has 0 spiro atoms. The Kier molecular flexibility index (Phi) is 5.14. The van der Waals surface area contributed by atoms with Gasteiger partial charge in [0.2, 0.25) is 0 Å². The molecule has 88 valence electrons. The number of rotatable bonds is 5. The van der Waals surface area contributed by atoms with Crippen LogP contribution in [0.15, 0.2) is 12.4 Å². The summed E-state index contributed by atoms with van der Waals surface area (Å²) in [5, 5.41) is 8.98. The van der Waals surface area contributed by atoms with E-state index in [-0.39, 0.29) is 23.4 Å². The van der Waals surface area contributed by atoms with Crippen LogP contribution in [-0.2, 0) is 0 Å². The third kappa shape index (κ3) is 3.43. The summed E-state index contributed by atoms with van der Waals surface area (Å²) in [5.74, 6) is -0.194. The van der Waals surface area contributed by atoms with Crippen molar-refractivity contribution in [1.29, 1.82) is 0 Å². The van der Waals surface area contributed by atoms with Crippen molar-refractivity contribution in [3.05, 3.63) is 23.2 Å². The van der Waals surface area contributed by atoms with Gasteiger partial charge >= 0.3 is 0 Å². The number of hydrogen-bond acceptors (Lipinski definition) is 4. The maximum absolute atomic E-state index is 11.9. The van der Waals surface area contributed by atoms with E-state index in [4.69, 9.17) is 16.7 Å². The smallest absolute Gasteiger partial charge is 0.274 e. The molecule has 1 aromatic rings. The molecule has 6 heteroatoms. The van der Waals surface area contributed by atoms with Gasteiger partial charge in [-0.15, -0.1) is 0 Å². The first-order valence-corrected chi connectivity index (χ1v) is 5.44. The maximum atomic E-state index is 11.9. The lowest BCUT2D eigenvalue weighted by molar-refractivity contribution is 0.0748. The molecule has 0 bridgehead atoms. The quantitative estimate of drug-likeness (QED) is 0.837. The van der Waals surface area contributed by atoms with Crippen LogP contribution < -0.4 is 0 Å². The predicted molar refractivity (Wildman–Crippen MR) is 60.3 cm³/mol. The molecule has 0 atom stereocenters. The zero-order valence-corrected chi connectivity index (χ0v) is 9.81. The second-order valence-electron chi connectivity index (χ2n) is 3.19. The van der Waals surface area contributed by atoms with Crippen LogP contribution >= 0.6 is 11.6 Å². The molecule has 1 rings (SSSR count). The van der Waals surface area contributed by atoms with Crippen molar-refractivity contribution in [3.8, 4) is 0 Å². The summed E-state index contributed by atoms with van der Waals surface area (Å²) in [6, 6.07) is 0. The molecule has 16 heavy (non-hydrogen) atoms. The van der Waals surface area contributed by atoms with Crippen molar-refractivity contribution in [1.82, 2.24) is 14.9 Å². The first-order chi connectivity index (χ1) is 7.69. The van der Waals surface area contributed by atoms with E-state index in [0.29, 0.717) is 19.5 Å². The summed E-state index contributed by atoms with van der Waals surface area (Å²) in [6.45, 7) is 3.02. The van der Waals surface area contributed by atoms with Gasteiger partial charge in [-0.2, -0.15) is 0 Å². The van der Waals surface area contributed by atoms with Gasteiger partial charge in [-0.1, -0.05) is 11.6 Å². The standard InChI is InChI=1S/C10H14ClN3O2/c1-2-14(4-3-5-15)10(16)8-6-13-9(11)7-12-8/h6-7,15H,2-5H2,1H3. The van der Waals surface area contributed by atoms with Crippen molar-refractivity contribution >= 4 is 17.5 Å². The van der Waals surface area contributed by atoms with Crippen molar-refractivity contribution in [2.75, 3.05) is 19.7 Å². The lowest BCUT2D eigenvalue weighted by atomic mass is 10.3. The van der Waals surface area contributed by atoms with Gasteiger partial charge in [0.25, 0.3) is 5.91 Å². The normalized spacial score (nSPS) is 10.2. The van der Waals surface area contributed by atoms with Gasteiger partial charge in [0.05, 0.1) is 12.4 Å². The van der Waals surface area contributed by atoms with Crippen molar-refractivity contribution in [2.45, 2.75) is 13.3 Å². The fraction of sp³-hybridized carbons (Fsp3) is 0.500. The highest BCUT2D eigenvalue weighted by Gasteiger charge is 2.15. The summed E-state index contributed by atoms with van der Waals surface area (Å²) < 4.78 is 0. The van der Waals surface area contributed by atoms with Crippen molar-refractivity contribution in [3.63, 3.8) is 0 Å². The van der Waals surface area contributed by atoms with Crippen LogP contribution in [0.3, 0.4) is 0 Å². The van der Waals surface area contributed by atoms with Gasteiger partial charge < -0.3 is 10.0 Å². The van der Waals surface area contributed by atoms with E-state index >= 15 is 0 Å². The lowest BCUT2D eigenvalue weighted by Crippen LogP contribution is -2.32. The Morgan fingerprint density at radius 3 is 2.75 bits per heavy atom. The van der Waals surface area contributed by atoms with Gasteiger partial charge in [0.1, 0.15) is 10.8 Å². The number of aromatic nitrogens is 2. The highest BCUT2D eigenvalue weighted by Crippen LogP contribution is 2.05. The SMILES string of the molecule is CCN(CCCO)C(=O)c1cnc(Cl)cn1. The van der Waals surface area contributed by atoms with Gasteiger partial charge in [-0.25, -0.2) is 9.97 Å². The second-order valence-corrected chi connectivity index (χ2v) is 3.57. The molecule has 0 fully saturated rings. The molecule has 0 saturated heterocycles. The summed E-state index contributed by atoms with van der Waals surface area (Å²) in [4.78, 5) is 21.2. The summed E-state index contributed by atoms with van der Waals surface area (Å²) in [6.07, 6.45) is 3.25. The molecule has 0 aromatic carbocycles. The molecule has 1 aromatic heterocycles. The molecular weight excluding hydrogens is 230 g/mol. The molecular formula is C10H14ClN3O2. The average molecular weight is 244 g/mol. The van der Waals surface area contributed by atoms with Gasteiger partial charge in [-0.05, 0) is 13.3 Å². The van der Waals surface area contributed by atoms with Crippen molar-refractivity contribution < 1.29 is 9.90 Å². The zero-order chi connectivity index (χ0) is 12.0. The number of hydrogen-bond donors (Lipinski definition) is 1. The molecule has 5 nitrogen and oxygen atoms in total. The number of aliphatic hydroxyl groups is 1.